The van der Waals surface area contributed by atoms with Crippen LogP contribution in [0, 0.1) is 24.0 Å². The van der Waals surface area contributed by atoms with Crippen molar-refractivity contribution in [2.75, 3.05) is 7.05 Å². The van der Waals surface area contributed by atoms with Crippen molar-refractivity contribution < 1.29 is 4.92 Å². The Bertz CT molecular complexity index is 234. The topological polar surface area (TPSA) is 43.1 Å². The SMILES string of the molecule is CC.C[N+](=O)[O-].Cc1ccccc1C. The average Bonchev–Trinajstić information content (AvgIpc) is 2.13. The van der Waals surface area contributed by atoms with Crippen molar-refractivity contribution >= 4 is 0 Å². The first-order valence-electron chi connectivity index (χ1n) is 4.64. The van der Waals surface area contributed by atoms with Crippen molar-refractivity contribution in [2.24, 2.45) is 0 Å². The third-order valence-electron chi connectivity index (χ3n) is 1.43. The Labute approximate surface area is 85.9 Å². The predicted octanol–water partition coefficient (Wildman–Crippen LogP) is 3.22. The van der Waals surface area contributed by atoms with Crippen molar-refractivity contribution in [1.82, 2.24) is 0 Å². The molecule has 0 saturated carbocycles. The van der Waals surface area contributed by atoms with Gasteiger partial charge in [0, 0.05) is 4.92 Å². The summed E-state index contributed by atoms with van der Waals surface area (Å²) in [6.45, 7) is 8.24. The third-order valence-corrected chi connectivity index (χ3v) is 1.43. The lowest BCUT2D eigenvalue weighted by molar-refractivity contribution is -0.445. The molecule has 0 unspecified atom stereocenters. The Hall–Kier alpha value is -1.38. The molecular weight excluding hydrogens is 178 g/mol. The van der Waals surface area contributed by atoms with E-state index in [2.05, 4.69) is 38.1 Å². The van der Waals surface area contributed by atoms with Crippen molar-refractivity contribution in [3.8, 4) is 0 Å². The molecule has 0 heterocycles. The van der Waals surface area contributed by atoms with E-state index in [-0.39, 0.29) is 0 Å². The van der Waals surface area contributed by atoms with Crippen LogP contribution < -0.4 is 0 Å². The molecule has 0 aromatic heterocycles. The maximum Gasteiger partial charge on any atom is 0.194 e. The summed E-state index contributed by atoms with van der Waals surface area (Å²) in [5.74, 6) is 0. The molecule has 80 valence electrons. The van der Waals surface area contributed by atoms with E-state index < -0.39 is 4.92 Å². The smallest absolute Gasteiger partial charge is 0.194 e. The van der Waals surface area contributed by atoms with Crippen LogP contribution >= 0.6 is 0 Å². The molecule has 0 aliphatic carbocycles. The quantitative estimate of drug-likeness (QED) is 0.473. The summed E-state index contributed by atoms with van der Waals surface area (Å²) in [4.78, 5) is 8.31. The summed E-state index contributed by atoms with van der Waals surface area (Å²) in [6, 6.07) is 8.36. The number of nitro groups is 1. The second-order valence-corrected chi connectivity index (χ2v) is 2.52. The second kappa shape index (κ2) is 9.71. The van der Waals surface area contributed by atoms with Gasteiger partial charge >= 0.3 is 0 Å². The molecule has 0 aliphatic heterocycles. The second-order valence-electron chi connectivity index (χ2n) is 2.52. The van der Waals surface area contributed by atoms with Crippen LogP contribution in [0.5, 0.6) is 0 Å². The van der Waals surface area contributed by atoms with Gasteiger partial charge in [0.1, 0.15) is 0 Å². The van der Waals surface area contributed by atoms with Crippen LogP contribution in [0.15, 0.2) is 24.3 Å². The monoisotopic (exact) mass is 197 g/mol. The molecule has 0 bridgehead atoms. The van der Waals surface area contributed by atoms with Gasteiger partial charge in [-0.3, -0.25) is 10.1 Å². The molecule has 0 N–H and O–H groups in total. The molecule has 0 fully saturated rings. The summed E-state index contributed by atoms with van der Waals surface area (Å²) in [5, 5.41) is 8.81. The number of aryl methyl sites for hydroxylation is 2. The number of hydrogen-bond donors (Lipinski definition) is 0. The van der Waals surface area contributed by atoms with Gasteiger partial charge < -0.3 is 0 Å². The van der Waals surface area contributed by atoms with E-state index in [1.54, 1.807) is 0 Å². The summed E-state index contributed by atoms with van der Waals surface area (Å²) in [6.07, 6.45) is 0. The fourth-order valence-electron chi connectivity index (χ4n) is 0.663. The summed E-state index contributed by atoms with van der Waals surface area (Å²) >= 11 is 0. The van der Waals surface area contributed by atoms with Gasteiger partial charge in [0.15, 0.2) is 7.05 Å². The average molecular weight is 197 g/mol. The maximum absolute atomic E-state index is 8.81. The summed E-state index contributed by atoms with van der Waals surface area (Å²) < 4.78 is 0. The molecule has 1 aromatic rings. The highest BCUT2D eigenvalue weighted by atomic mass is 16.6. The van der Waals surface area contributed by atoms with E-state index in [0.29, 0.717) is 0 Å². The molecule has 0 spiro atoms. The van der Waals surface area contributed by atoms with Gasteiger partial charge in [-0.2, -0.15) is 0 Å². The molecule has 0 amide bonds. The van der Waals surface area contributed by atoms with Gasteiger partial charge in [-0.1, -0.05) is 38.1 Å². The molecule has 0 atom stereocenters. The summed E-state index contributed by atoms with van der Waals surface area (Å²) in [7, 11) is 0.889. The highest BCUT2D eigenvalue weighted by Crippen LogP contribution is 2.02. The Morgan fingerprint density at radius 1 is 1.07 bits per heavy atom. The lowest BCUT2D eigenvalue weighted by Crippen LogP contribution is -1.79. The van der Waals surface area contributed by atoms with E-state index in [4.69, 9.17) is 10.1 Å². The van der Waals surface area contributed by atoms with Crippen molar-refractivity contribution in [1.29, 1.82) is 0 Å². The van der Waals surface area contributed by atoms with E-state index in [0.717, 1.165) is 7.05 Å². The molecular formula is C11H19NO2. The maximum atomic E-state index is 8.81. The highest BCUT2D eigenvalue weighted by Gasteiger charge is 1.83. The number of nitrogens with zero attached hydrogens (tertiary/aromatic N) is 1. The van der Waals surface area contributed by atoms with Crippen LogP contribution in [-0.2, 0) is 0 Å². The third kappa shape index (κ3) is 10.6. The van der Waals surface area contributed by atoms with Crippen LogP contribution in [0.4, 0.5) is 0 Å². The lowest BCUT2D eigenvalue weighted by Gasteiger charge is -1.93. The fourth-order valence-corrected chi connectivity index (χ4v) is 0.663. The van der Waals surface area contributed by atoms with Crippen LogP contribution in [0.25, 0.3) is 0 Å². The van der Waals surface area contributed by atoms with Crippen LogP contribution in [0.3, 0.4) is 0 Å². The van der Waals surface area contributed by atoms with E-state index in [9.17, 15) is 0 Å². The van der Waals surface area contributed by atoms with E-state index in [1.807, 2.05) is 13.8 Å². The van der Waals surface area contributed by atoms with Crippen LogP contribution in [0.1, 0.15) is 25.0 Å². The Balaban J connectivity index is 0. The molecule has 3 heteroatoms. The van der Waals surface area contributed by atoms with Gasteiger partial charge in [-0.15, -0.1) is 0 Å². The Morgan fingerprint density at radius 3 is 1.43 bits per heavy atom. The Morgan fingerprint density at radius 2 is 1.29 bits per heavy atom. The van der Waals surface area contributed by atoms with Crippen molar-refractivity contribution in [3.63, 3.8) is 0 Å². The van der Waals surface area contributed by atoms with E-state index >= 15 is 0 Å². The number of rotatable bonds is 0. The molecule has 0 aliphatic rings. The first-order chi connectivity index (χ1) is 6.54. The van der Waals surface area contributed by atoms with Gasteiger partial charge in [-0.25, -0.2) is 0 Å². The van der Waals surface area contributed by atoms with Gasteiger partial charge in [0.25, 0.3) is 0 Å². The minimum absolute atomic E-state index is 0.500. The number of benzene rings is 1. The first kappa shape index (κ1) is 15.1. The highest BCUT2D eigenvalue weighted by molar-refractivity contribution is 5.23. The summed E-state index contributed by atoms with van der Waals surface area (Å²) in [5.41, 5.74) is 2.74. The minimum atomic E-state index is -0.500. The zero-order chi connectivity index (χ0) is 11.6. The Kier molecular flexibility index (Phi) is 10.5. The minimum Gasteiger partial charge on any atom is -0.265 e. The van der Waals surface area contributed by atoms with Gasteiger partial charge in [-0.05, 0) is 25.0 Å². The molecule has 0 radical (unpaired) electrons. The predicted molar refractivity (Wildman–Crippen MR) is 60.2 cm³/mol. The van der Waals surface area contributed by atoms with Crippen LogP contribution in [-0.4, -0.2) is 12.0 Å². The molecule has 14 heavy (non-hydrogen) atoms. The van der Waals surface area contributed by atoms with E-state index in [1.165, 1.54) is 11.1 Å². The molecule has 1 rings (SSSR count). The largest absolute Gasteiger partial charge is 0.265 e. The lowest BCUT2D eigenvalue weighted by atomic mass is 10.1. The zero-order valence-corrected chi connectivity index (χ0v) is 9.57. The van der Waals surface area contributed by atoms with Gasteiger partial charge in [0.2, 0.25) is 0 Å². The standard InChI is InChI=1S/C8H10.C2H6.CH3NO2/c1-7-5-3-4-6-8(7)2;1-2;1-2(3)4/h3-6H,1-2H3;1-2H3;1H3. The normalized spacial score (nSPS) is 7.50. The molecule has 0 saturated heterocycles. The number of hydrogen-bond acceptors (Lipinski definition) is 2. The molecule has 1 aromatic carbocycles. The van der Waals surface area contributed by atoms with Crippen LogP contribution in [0.2, 0.25) is 0 Å². The first-order valence-corrected chi connectivity index (χ1v) is 4.64. The van der Waals surface area contributed by atoms with Gasteiger partial charge in [0.05, 0.1) is 0 Å². The zero-order valence-electron chi connectivity index (χ0n) is 9.57. The molecule has 3 nitrogen and oxygen atoms in total. The van der Waals surface area contributed by atoms with Crippen molar-refractivity contribution in [3.05, 3.63) is 45.5 Å². The van der Waals surface area contributed by atoms with Crippen molar-refractivity contribution in [2.45, 2.75) is 27.7 Å². The fraction of sp³-hybridized carbons (Fsp3) is 0.455.